The van der Waals surface area contributed by atoms with Crippen molar-refractivity contribution in [3.8, 4) is 0 Å². The monoisotopic (exact) mass is 160 g/mol. The van der Waals surface area contributed by atoms with Gasteiger partial charge in [0.25, 0.3) is 0 Å². The largest absolute Gasteiger partial charge is 2.00 e. The summed E-state index contributed by atoms with van der Waals surface area (Å²) in [5.41, 5.74) is 0. The van der Waals surface area contributed by atoms with Crippen LogP contribution in [0.5, 0.6) is 0 Å². The van der Waals surface area contributed by atoms with Gasteiger partial charge in [-0.05, 0) is 0 Å². The molecule has 0 fully saturated rings. The van der Waals surface area contributed by atoms with E-state index in [0.717, 1.165) is 0 Å². The fraction of sp³-hybridized carbons (Fsp3) is 0. The molecule has 0 rings (SSSR count). The van der Waals surface area contributed by atoms with Crippen molar-refractivity contribution in [1.82, 2.24) is 0 Å². The van der Waals surface area contributed by atoms with Gasteiger partial charge in [0.15, 0.2) is 0 Å². The maximum atomic E-state index is 7.17. The molecule has 0 aliphatic carbocycles. The van der Waals surface area contributed by atoms with Gasteiger partial charge in [-0.1, -0.05) is 0 Å². The number of rotatable bonds is 0. The third-order valence-electron chi connectivity index (χ3n) is 0. The summed E-state index contributed by atoms with van der Waals surface area (Å²) in [5.74, 6) is 0. The van der Waals surface area contributed by atoms with E-state index in [2.05, 4.69) is 0 Å². The van der Waals surface area contributed by atoms with E-state index in [1.165, 1.54) is 0 Å². The normalized spacial score (nSPS) is 3.86. The molecule has 0 saturated carbocycles. The molecule has 0 bridgehead atoms. The second kappa shape index (κ2) is 16.1. The van der Waals surface area contributed by atoms with E-state index in [9.17, 15) is 0 Å². The zero-order valence-electron chi connectivity index (χ0n) is 3.52. The van der Waals surface area contributed by atoms with E-state index < -0.39 is 7.32 Å². The zero-order valence-corrected chi connectivity index (χ0v) is 6.49. The van der Waals surface area contributed by atoms with Crippen LogP contribution in [0.25, 0.3) is 0 Å². The molecule has 0 radical (unpaired) electrons. The summed E-state index contributed by atoms with van der Waals surface area (Å²) in [6, 6.07) is 0. The van der Waals surface area contributed by atoms with E-state index in [4.69, 9.17) is 15.1 Å². The van der Waals surface area contributed by atoms with Crippen LogP contribution in [-0.2, 0) is 19.5 Å². The van der Waals surface area contributed by atoms with Crippen LogP contribution in [0.1, 0.15) is 0 Å². The molecule has 0 amide bonds. The van der Waals surface area contributed by atoms with Gasteiger partial charge < -0.3 is 26.0 Å². The molecule has 0 saturated heterocycles. The van der Waals surface area contributed by atoms with Crippen molar-refractivity contribution in [3.63, 3.8) is 0 Å². The summed E-state index contributed by atoms with van der Waals surface area (Å²) >= 11 is 0. The fourth-order valence-corrected chi connectivity index (χ4v) is 0. The summed E-state index contributed by atoms with van der Waals surface area (Å²) in [6.07, 6.45) is 0. The SMILES string of the molecule is OB(O)O.[OH-].[OH-].[Zn+2]. The van der Waals surface area contributed by atoms with Crippen molar-refractivity contribution >= 4 is 7.32 Å². The van der Waals surface area contributed by atoms with Gasteiger partial charge >= 0.3 is 26.8 Å². The van der Waals surface area contributed by atoms with Crippen LogP contribution in [0.2, 0.25) is 0 Å². The first-order valence-corrected chi connectivity index (χ1v) is 0.775. The molecule has 0 spiro atoms. The van der Waals surface area contributed by atoms with Gasteiger partial charge in [-0.15, -0.1) is 0 Å². The van der Waals surface area contributed by atoms with E-state index in [1.54, 1.807) is 0 Å². The second-order valence-corrected chi connectivity index (χ2v) is 0.346. The van der Waals surface area contributed by atoms with Gasteiger partial charge in [-0.2, -0.15) is 0 Å². The molecular weight excluding hydrogens is 156 g/mol. The molecular formula is H5BO5Zn. The molecule has 7 heteroatoms. The minimum Gasteiger partial charge on any atom is -0.870 e. The van der Waals surface area contributed by atoms with Crippen molar-refractivity contribution < 1.29 is 45.5 Å². The molecule has 0 aromatic carbocycles. The van der Waals surface area contributed by atoms with Crippen molar-refractivity contribution in [2.45, 2.75) is 0 Å². The Morgan fingerprint density at radius 2 is 0.857 bits per heavy atom. The van der Waals surface area contributed by atoms with Crippen LogP contribution in [-0.4, -0.2) is 33.3 Å². The predicted octanol–water partition coefficient (Wildman–Crippen LogP) is -2.41. The zero-order chi connectivity index (χ0) is 3.58. The second-order valence-electron chi connectivity index (χ2n) is 0.346. The van der Waals surface area contributed by atoms with Crippen molar-refractivity contribution in [2.75, 3.05) is 0 Å². The Kier molecular flexibility index (Phi) is 59.4. The standard InChI is InChI=1S/BH3O3.2H2O.Zn/c2-1(3)4;;;/h2-4H;2*1H2;/q;;;+2/p-2. The van der Waals surface area contributed by atoms with Crippen LogP contribution in [0.15, 0.2) is 0 Å². The summed E-state index contributed by atoms with van der Waals surface area (Å²) in [7, 11) is -2.17. The summed E-state index contributed by atoms with van der Waals surface area (Å²) in [4.78, 5) is 0. The number of hydrogen-bond acceptors (Lipinski definition) is 5. The van der Waals surface area contributed by atoms with Crippen molar-refractivity contribution in [3.05, 3.63) is 0 Å². The molecule has 5 nitrogen and oxygen atoms in total. The van der Waals surface area contributed by atoms with Crippen molar-refractivity contribution in [1.29, 1.82) is 0 Å². The third kappa shape index (κ3) is 548. The molecule has 0 heterocycles. The summed E-state index contributed by atoms with van der Waals surface area (Å²) in [6.45, 7) is 0. The molecule has 0 aliphatic rings. The average molecular weight is 161 g/mol. The molecule has 0 aromatic heterocycles. The molecule has 0 atom stereocenters. The Labute approximate surface area is 53.5 Å². The molecule has 40 valence electrons. The third-order valence-corrected chi connectivity index (χ3v) is 0. The Morgan fingerprint density at radius 3 is 0.857 bits per heavy atom. The van der Waals surface area contributed by atoms with E-state index >= 15 is 0 Å². The summed E-state index contributed by atoms with van der Waals surface area (Å²) in [5, 5.41) is 21.5. The predicted molar refractivity (Wildman–Crippen MR) is 16.3 cm³/mol. The van der Waals surface area contributed by atoms with Gasteiger partial charge in [0.05, 0.1) is 0 Å². The Balaban J connectivity index is -0.0000000150. The van der Waals surface area contributed by atoms with Gasteiger partial charge in [-0.25, -0.2) is 0 Å². The van der Waals surface area contributed by atoms with Crippen molar-refractivity contribution in [2.24, 2.45) is 0 Å². The van der Waals surface area contributed by atoms with Gasteiger partial charge in [0, 0.05) is 0 Å². The van der Waals surface area contributed by atoms with E-state index in [-0.39, 0.29) is 30.4 Å². The maximum Gasteiger partial charge on any atom is 2.00 e. The smallest absolute Gasteiger partial charge is 0.870 e. The maximum absolute atomic E-state index is 7.17. The van der Waals surface area contributed by atoms with E-state index in [0.29, 0.717) is 0 Å². The van der Waals surface area contributed by atoms with Gasteiger partial charge in [-0.3, -0.25) is 0 Å². The first-order chi connectivity index (χ1) is 1.73. The van der Waals surface area contributed by atoms with Crippen LogP contribution in [0.4, 0.5) is 0 Å². The Morgan fingerprint density at radius 1 is 0.857 bits per heavy atom. The molecule has 0 unspecified atom stereocenters. The molecule has 0 aliphatic heterocycles. The van der Waals surface area contributed by atoms with Gasteiger partial charge in [0.1, 0.15) is 0 Å². The molecule has 0 aromatic rings. The Hall–Kier alpha value is 0.488. The summed E-state index contributed by atoms with van der Waals surface area (Å²) < 4.78 is 0. The molecule has 5 N–H and O–H groups in total. The minimum absolute atomic E-state index is 0. The van der Waals surface area contributed by atoms with Crippen LogP contribution >= 0.6 is 0 Å². The van der Waals surface area contributed by atoms with Gasteiger partial charge in [0.2, 0.25) is 0 Å². The minimum atomic E-state index is -2.17. The quantitative estimate of drug-likeness (QED) is 0.342. The first kappa shape index (κ1) is 25.9. The number of hydrogen-bond donors (Lipinski definition) is 3. The Bertz CT molecular complexity index is 12.8. The van der Waals surface area contributed by atoms with Crippen LogP contribution in [0, 0.1) is 0 Å². The van der Waals surface area contributed by atoms with E-state index in [1.807, 2.05) is 0 Å². The fourth-order valence-electron chi connectivity index (χ4n) is 0. The average Bonchev–Trinajstić information content (AvgIpc) is 0.811. The first-order valence-electron chi connectivity index (χ1n) is 0.775. The van der Waals surface area contributed by atoms with Crippen LogP contribution in [0.3, 0.4) is 0 Å². The molecule has 7 heavy (non-hydrogen) atoms. The topological polar surface area (TPSA) is 121 Å². The van der Waals surface area contributed by atoms with Crippen LogP contribution < -0.4 is 0 Å².